The Morgan fingerprint density at radius 2 is 2.06 bits per heavy atom. The fourth-order valence-electron chi connectivity index (χ4n) is 2.37. The van der Waals surface area contributed by atoms with Gasteiger partial charge in [0.1, 0.15) is 0 Å². The van der Waals surface area contributed by atoms with E-state index in [0.717, 1.165) is 19.1 Å². The average Bonchev–Trinajstić information content (AvgIpc) is 3.05. The zero-order valence-electron chi connectivity index (χ0n) is 10.4. The molecular formula is C14H21N3. The summed E-state index contributed by atoms with van der Waals surface area (Å²) < 4.78 is 0. The number of pyridine rings is 1. The van der Waals surface area contributed by atoms with E-state index in [2.05, 4.69) is 27.3 Å². The number of nitrogens with zero attached hydrogens (tertiary/aromatic N) is 2. The minimum Gasteiger partial charge on any atom is -0.310 e. The second-order valence-corrected chi connectivity index (χ2v) is 5.30. The lowest BCUT2D eigenvalue weighted by Gasteiger charge is -2.13. The molecule has 0 unspecified atom stereocenters. The van der Waals surface area contributed by atoms with Crippen molar-refractivity contribution in [2.75, 3.05) is 13.1 Å². The molecule has 2 heterocycles. The van der Waals surface area contributed by atoms with E-state index in [1.807, 2.05) is 6.20 Å². The van der Waals surface area contributed by atoms with Crippen molar-refractivity contribution < 1.29 is 0 Å². The summed E-state index contributed by atoms with van der Waals surface area (Å²) in [6.45, 7) is 4.48. The summed E-state index contributed by atoms with van der Waals surface area (Å²) in [6.07, 6.45) is 7.43. The van der Waals surface area contributed by atoms with Crippen molar-refractivity contribution in [3.63, 3.8) is 0 Å². The van der Waals surface area contributed by atoms with E-state index in [1.54, 1.807) is 0 Å². The van der Waals surface area contributed by atoms with E-state index in [1.165, 1.54) is 50.0 Å². The largest absolute Gasteiger partial charge is 0.310 e. The Labute approximate surface area is 103 Å². The van der Waals surface area contributed by atoms with Crippen molar-refractivity contribution in [2.45, 2.75) is 44.8 Å². The first kappa shape index (κ1) is 11.2. The summed E-state index contributed by atoms with van der Waals surface area (Å²) in [5, 5.41) is 3.52. The number of rotatable bonds is 5. The lowest BCUT2D eigenvalue weighted by molar-refractivity contribution is 0.327. The Balaban J connectivity index is 1.51. The highest BCUT2D eigenvalue weighted by atomic mass is 15.1. The molecule has 0 aromatic carbocycles. The maximum atomic E-state index is 4.56. The molecule has 1 saturated heterocycles. The standard InChI is InChI=1S/C14H21N3/c1-2-8-17(7-1)11-14-4-3-12(10-16-14)9-15-13-5-6-13/h3-4,10,13,15H,1-2,5-9,11H2. The van der Waals surface area contributed by atoms with Gasteiger partial charge in [-0.05, 0) is 50.4 Å². The van der Waals surface area contributed by atoms with Gasteiger partial charge in [0.25, 0.3) is 0 Å². The van der Waals surface area contributed by atoms with E-state index in [-0.39, 0.29) is 0 Å². The van der Waals surface area contributed by atoms with Gasteiger partial charge < -0.3 is 5.32 Å². The van der Waals surface area contributed by atoms with Crippen LogP contribution < -0.4 is 5.32 Å². The smallest absolute Gasteiger partial charge is 0.0544 e. The molecule has 1 aliphatic carbocycles. The van der Waals surface area contributed by atoms with Gasteiger partial charge in [0.2, 0.25) is 0 Å². The molecule has 0 spiro atoms. The molecule has 1 aliphatic heterocycles. The monoisotopic (exact) mass is 231 g/mol. The number of aromatic nitrogens is 1. The van der Waals surface area contributed by atoms with Gasteiger partial charge in [-0.1, -0.05) is 6.07 Å². The van der Waals surface area contributed by atoms with Crippen LogP contribution in [0.15, 0.2) is 18.3 Å². The van der Waals surface area contributed by atoms with Crippen LogP contribution in [0.1, 0.15) is 36.9 Å². The lowest BCUT2D eigenvalue weighted by atomic mass is 10.2. The minimum atomic E-state index is 0.777. The highest BCUT2D eigenvalue weighted by molar-refractivity contribution is 5.14. The molecule has 1 saturated carbocycles. The van der Waals surface area contributed by atoms with Crippen LogP contribution >= 0.6 is 0 Å². The van der Waals surface area contributed by atoms with Crippen molar-refractivity contribution in [3.05, 3.63) is 29.6 Å². The van der Waals surface area contributed by atoms with Gasteiger partial charge in [-0.15, -0.1) is 0 Å². The van der Waals surface area contributed by atoms with E-state index in [9.17, 15) is 0 Å². The summed E-state index contributed by atoms with van der Waals surface area (Å²) in [6, 6.07) is 5.18. The van der Waals surface area contributed by atoms with E-state index in [4.69, 9.17) is 0 Å². The topological polar surface area (TPSA) is 28.2 Å². The molecule has 3 heteroatoms. The minimum absolute atomic E-state index is 0.777. The second kappa shape index (κ2) is 5.15. The van der Waals surface area contributed by atoms with Crippen LogP contribution in [0.5, 0.6) is 0 Å². The van der Waals surface area contributed by atoms with Crippen LogP contribution in [0.25, 0.3) is 0 Å². The first-order chi connectivity index (χ1) is 8.40. The fraction of sp³-hybridized carbons (Fsp3) is 0.643. The molecule has 0 atom stereocenters. The number of hydrogen-bond acceptors (Lipinski definition) is 3. The molecule has 17 heavy (non-hydrogen) atoms. The van der Waals surface area contributed by atoms with Crippen LogP contribution in [-0.4, -0.2) is 29.0 Å². The third kappa shape index (κ3) is 3.27. The van der Waals surface area contributed by atoms with Crippen molar-refractivity contribution in [1.29, 1.82) is 0 Å². The molecule has 2 aliphatic rings. The molecule has 3 rings (SSSR count). The molecule has 0 bridgehead atoms. The third-order valence-electron chi connectivity index (χ3n) is 3.64. The van der Waals surface area contributed by atoms with E-state index < -0.39 is 0 Å². The first-order valence-corrected chi connectivity index (χ1v) is 6.80. The van der Waals surface area contributed by atoms with Gasteiger partial charge in [0.15, 0.2) is 0 Å². The highest BCUT2D eigenvalue weighted by Gasteiger charge is 2.19. The predicted octanol–water partition coefficient (Wildman–Crippen LogP) is 1.93. The number of hydrogen-bond donors (Lipinski definition) is 1. The van der Waals surface area contributed by atoms with Crippen LogP contribution in [0, 0.1) is 0 Å². The van der Waals surface area contributed by atoms with Crippen molar-refractivity contribution >= 4 is 0 Å². The number of nitrogens with one attached hydrogen (secondary N) is 1. The maximum Gasteiger partial charge on any atom is 0.0544 e. The van der Waals surface area contributed by atoms with Crippen molar-refractivity contribution in [3.8, 4) is 0 Å². The number of likely N-dealkylation sites (tertiary alicyclic amines) is 1. The van der Waals surface area contributed by atoms with Gasteiger partial charge in [0, 0.05) is 25.3 Å². The molecule has 0 radical (unpaired) electrons. The second-order valence-electron chi connectivity index (χ2n) is 5.30. The molecule has 1 aromatic heterocycles. The average molecular weight is 231 g/mol. The zero-order valence-corrected chi connectivity index (χ0v) is 10.4. The Hall–Kier alpha value is -0.930. The van der Waals surface area contributed by atoms with Gasteiger partial charge >= 0.3 is 0 Å². The predicted molar refractivity (Wildman–Crippen MR) is 68.6 cm³/mol. The summed E-state index contributed by atoms with van der Waals surface area (Å²) in [5.41, 5.74) is 2.52. The summed E-state index contributed by atoms with van der Waals surface area (Å²) in [4.78, 5) is 7.05. The van der Waals surface area contributed by atoms with Gasteiger partial charge in [-0.3, -0.25) is 9.88 Å². The van der Waals surface area contributed by atoms with Crippen LogP contribution in [0.3, 0.4) is 0 Å². The molecule has 1 aromatic rings. The van der Waals surface area contributed by atoms with Crippen molar-refractivity contribution in [1.82, 2.24) is 15.2 Å². The van der Waals surface area contributed by atoms with Crippen LogP contribution in [0.2, 0.25) is 0 Å². The maximum absolute atomic E-state index is 4.56. The Bertz CT molecular complexity index is 350. The normalized spacial score (nSPS) is 20.9. The molecule has 92 valence electrons. The van der Waals surface area contributed by atoms with Gasteiger partial charge in [-0.25, -0.2) is 0 Å². The quantitative estimate of drug-likeness (QED) is 0.839. The first-order valence-electron chi connectivity index (χ1n) is 6.80. The van der Waals surface area contributed by atoms with Gasteiger partial charge in [0.05, 0.1) is 5.69 Å². The molecule has 3 nitrogen and oxygen atoms in total. The molecule has 2 fully saturated rings. The third-order valence-corrected chi connectivity index (χ3v) is 3.64. The van der Waals surface area contributed by atoms with Crippen LogP contribution in [0.4, 0.5) is 0 Å². The Morgan fingerprint density at radius 1 is 1.24 bits per heavy atom. The van der Waals surface area contributed by atoms with E-state index >= 15 is 0 Å². The SMILES string of the molecule is c1cc(CN2CCCC2)ncc1CNC1CC1. The zero-order chi connectivity index (χ0) is 11.5. The highest BCUT2D eigenvalue weighted by Crippen LogP contribution is 2.19. The summed E-state index contributed by atoms with van der Waals surface area (Å²) in [7, 11) is 0. The Morgan fingerprint density at radius 3 is 2.71 bits per heavy atom. The summed E-state index contributed by atoms with van der Waals surface area (Å²) in [5.74, 6) is 0. The molecule has 1 N–H and O–H groups in total. The van der Waals surface area contributed by atoms with Crippen LogP contribution in [-0.2, 0) is 13.1 Å². The van der Waals surface area contributed by atoms with E-state index in [0.29, 0.717) is 0 Å². The molecule has 0 amide bonds. The lowest BCUT2D eigenvalue weighted by Crippen LogP contribution is -2.19. The Kier molecular flexibility index (Phi) is 3.39. The fourth-order valence-corrected chi connectivity index (χ4v) is 2.37. The van der Waals surface area contributed by atoms with Gasteiger partial charge in [-0.2, -0.15) is 0 Å². The molecular weight excluding hydrogens is 210 g/mol. The van der Waals surface area contributed by atoms with Crippen molar-refractivity contribution in [2.24, 2.45) is 0 Å². The summed E-state index contributed by atoms with van der Waals surface area (Å²) >= 11 is 0.